The van der Waals surface area contributed by atoms with E-state index in [9.17, 15) is 0 Å². The molecule has 4 heteroatoms. The van der Waals surface area contributed by atoms with Gasteiger partial charge in [-0.15, -0.1) is 0 Å². The molecule has 1 aromatic rings. The lowest BCUT2D eigenvalue weighted by atomic mass is 10.1. The summed E-state index contributed by atoms with van der Waals surface area (Å²) in [5.74, 6) is 0. The molecule has 1 N–H and O–H groups in total. The second-order valence-corrected chi connectivity index (χ2v) is 5.20. The number of aromatic nitrogens is 1. The summed E-state index contributed by atoms with van der Waals surface area (Å²) in [7, 11) is 0. The minimum atomic E-state index is 0.667. The first kappa shape index (κ1) is 13.6. The van der Waals surface area contributed by atoms with Gasteiger partial charge in [0.25, 0.3) is 0 Å². The molecule has 1 aliphatic heterocycles. The average Bonchev–Trinajstić information content (AvgIpc) is 2.67. The van der Waals surface area contributed by atoms with E-state index >= 15 is 0 Å². The minimum absolute atomic E-state index is 0.667. The van der Waals surface area contributed by atoms with E-state index in [-0.39, 0.29) is 0 Å². The zero-order valence-corrected chi connectivity index (χ0v) is 11.8. The van der Waals surface area contributed by atoms with Crippen LogP contribution in [0.25, 0.3) is 0 Å². The molecule has 18 heavy (non-hydrogen) atoms. The number of anilines is 1. The molecule has 1 saturated heterocycles. The lowest BCUT2D eigenvalue weighted by Crippen LogP contribution is -2.28. The van der Waals surface area contributed by atoms with Gasteiger partial charge in [0, 0.05) is 19.6 Å². The van der Waals surface area contributed by atoms with E-state index in [4.69, 9.17) is 11.6 Å². The highest BCUT2D eigenvalue weighted by Gasteiger charge is 2.11. The molecule has 0 unspecified atom stereocenters. The van der Waals surface area contributed by atoms with Crippen LogP contribution in [0, 0.1) is 0 Å². The van der Waals surface area contributed by atoms with Gasteiger partial charge in [0.05, 0.1) is 11.9 Å². The number of nitrogens with one attached hydrogen (secondary N) is 1. The maximum atomic E-state index is 6.16. The maximum Gasteiger partial charge on any atom is 0.132 e. The van der Waals surface area contributed by atoms with Gasteiger partial charge in [-0.1, -0.05) is 24.9 Å². The van der Waals surface area contributed by atoms with Crippen LogP contribution < -0.4 is 10.2 Å². The summed E-state index contributed by atoms with van der Waals surface area (Å²) in [6, 6.07) is 2.22. The molecule has 0 bridgehead atoms. The summed E-state index contributed by atoms with van der Waals surface area (Å²) in [6.45, 7) is 6.51. The molecule has 1 fully saturated rings. The van der Waals surface area contributed by atoms with Crippen LogP contribution in [0.15, 0.2) is 12.3 Å². The summed E-state index contributed by atoms with van der Waals surface area (Å²) in [5.41, 5.74) is 2.41. The van der Waals surface area contributed by atoms with Crippen molar-refractivity contribution < 1.29 is 0 Å². The van der Waals surface area contributed by atoms with E-state index in [1.807, 2.05) is 6.20 Å². The molecule has 0 saturated carbocycles. The Morgan fingerprint density at radius 1 is 1.39 bits per heavy atom. The number of halogens is 1. The van der Waals surface area contributed by atoms with Crippen LogP contribution in [0.1, 0.15) is 31.7 Å². The highest BCUT2D eigenvalue weighted by atomic mass is 35.5. The van der Waals surface area contributed by atoms with Crippen LogP contribution in [0.3, 0.4) is 0 Å². The SMILES string of the molecule is CCCCc1cc(N2CCCNCC2)cnc1Cl. The van der Waals surface area contributed by atoms with Crippen molar-refractivity contribution >= 4 is 17.3 Å². The van der Waals surface area contributed by atoms with Crippen molar-refractivity contribution in [2.75, 3.05) is 31.1 Å². The molecule has 0 aliphatic carbocycles. The first-order valence-electron chi connectivity index (χ1n) is 6.91. The van der Waals surface area contributed by atoms with E-state index in [1.165, 1.54) is 30.5 Å². The fraction of sp³-hybridized carbons (Fsp3) is 0.643. The van der Waals surface area contributed by atoms with Crippen LogP contribution in [-0.4, -0.2) is 31.2 Å². The smallest absolute Gasteiger partial charge is 0.132 e. The van der Waals surface area contributed by atoms with E-state index in [2.05, 4.69) is 28.2 Å². The van der Waals surface area contributed by atoms with E-state index in [0.29, 0.717) is 5.15 Å². The Bertz CT molecular complexity index is 373. The quantitative estimate of drug-likeness (QED) is 0.851. The van der Waals surface area contributed by atoms with E-state index in [0.717, 1.165) is 32.6 Å². The van der Waals surface area contributed by atoms with Crippen molar-refractivity contribution in [1.82, 2.24) is 10.3 Å². The molecule has 0 atom stereocenters. The third kappa shape index (κ3) is 3.59. The molecule has 0 amide bonds. The molecular formula is C14H22ClN3. The summed E-state index contributed by atoms with van der Waals surface area (Å²) in [4.78, 5) is 6.74. The van der Waals surface area contributed by atoms with Gasteiger partial charge in [-0.3, -0.25) is 0 Å². The van der Waals surface area contributed by atoms with Crippen LogP contribution in [0.2, 0.25) is 5.15 Å². The van der Waals surface area contributed by atoms with Gasteiger partial charge >= 0.3 is 0 Å². The molecule has 1 aromatic heterocycles. The van der Waals surface area contributed by atoms with Crippen molar-refractivity contribution in [1.29, 1.82) is 0 Å². The van der Waals surface area contributed by atoms with Crippen molar-refractivity contribution in [3.63, 3.8) is 0 Å². The van der Waals surface area contributed by atoms with Crippen LogP contribution >= 0.6 is 11.6 Å². The number of pyridine rings is 1. The second kappa shape index (κ2) is 6.95. The van der Waals surface area contributed by atoms with Gasteiger partial charge < -0.3 is 10.2 Å². The van der Waals surface area contributed by atoms with Crippen LogP contribution in [0.4, 0.5) is 5.69 Å². The Hall–Kier alpha value is -0.800. The zero-order chi connectivity index (χ0) is 12.8. The largest absolute Gasteiger partial charge is 0.369 e. The van der Waals surface area contributed by atoms with Crippen molar-refractivity contribution in [3.8, 4) is 0 Å². The van der Waals surface area contributed by atoms with Gasteiger partial charge in [-0.2, -0.15) is 0 Å². The van der Waals surface area contributed by atoms with Gasteiger partial charge in [0.1, 0.15) is 5.15 Å². The maximum absolute atomic E-state index is 6.16. The van der Waals surface area contributed by atoms with E-state index in [1.54, 1.807) is 0 Å². The number of hydrogen-bond donors (Lipinski definition) is 1. The molecule has 0 radical (unpaired) electrons. The Morgan fingerprint density at radius 3 is 3.11 bits per heavy atom. The lowest BCUT2D eigenvalue weighted by Gasteiger charge is -2.22. The predicted octanol–water partition coefficient (Wildman–Crippen LogP) is 2.88. The molecule has 0 aromatic carbocycles. The first-order chi connectivity index (χ1) is 8.81. The molecule has 3 nitrogen and oxygen atoms in total. The van der Waals surface area contributed by atoms with Crippen molar-refractivity contribution in [2.24, 2.45) is 0 Å². The number of unbranched alkanes of at least 4 members (excludes halogenated alkanes) is 1. The first-order valence-corrected chi connectivity index (χ1v) is 7.29. The molecule has 100 valence electrons. The Balaban J connectivity index is 2.11. The third-order valence-corrected chi connectivity index (χ3v) is 3.74. The topological polar surface area (TPSA) is 28.2 Å². The van der Waals surface area contributed by atoms with Gasteiger partial charge in [0.15, 0.2) is 0 Å². The summed E-state index contributed by atoms with van der Waals surface area (Å²) in [6.07, 6.45) is 6.49. The average molecular weight is 268 g/mol. The molecule has 2 heterocycles. The van der Waals surface area contributed by atoms with Crippen LogP contribution in [0.5, 0.6) is 0 Å². The Kier molecular flexibility index (Phi) is 5.26. The molecule has 0 spiro atoms. The third-order valence-electron chi connectivity index (χ3n) is 3.40. The van der Waals surface area contributed by atoms with E-state index < -0.39 is 0 Å². The number of nitrogens with zero attached hydrogens (tertiary/aromatic N) is 2. The van der Waals surface area contributed by atoms with Crippen molar-refractivity contribution in [3.05, 3.63) is 23.0 Å². The molecule has 2 rings (SSSR count). The number of rotatable bonds is 4. The Morgan fingerprint density at radius 2 is 2.28 bits per heavy atom. The Labute approximate surface area is 115 Å². The normalized spacial score (nSPS) is 16.7. The fourth-order valence-electron chi connectivity index (χ4n) is 2.30. The van der Waals surface area contributed by atoms with Gasteiger partial charge in [-0.25, -0.2) is 4.98 Å². The monoisotopic (exact) mass is 267 g/mol. The number of hydrogen-bond acceptors (Lipinski definition) is 3. The molecule has 1 aliphatic rings. The van der Waals surface area contributed by atoms with Gasteiger partial charge in [0.2, 0.25) is 0 Å². The number of aryl methyl sites for hydroxylation is 1. The molecular weight excluding hydrogens is 246 g/mol. The van der Waals surface area contributed by atoms with Gasteiger partial charge in [-0.05, 0) is 37.4 Å². The predicted molar refractivity (Wildman–Crippen MR) is 77.6 cm³/mol. The standard InChI is InChI=1S/C14H22ClN3/c1-2-3-5-12-10-13(11-17-14(12)15)18-8-4-6-16-7-9-18/h10-11,16H,2-9H2,1H3. The highest BCUT2D eigenvalue weighted by Crippen LogP contribution is 2.22. The fourth-order valence-corrected chi connectivity index (χ4v) is 2.50. The minimum Gasteiger partial charge on any atom is -0.369 e. The highest BCUT2D eigenvalue weighted by molar-refractivity contribution is 6.30. The summed E-state index contributed by atoms with van der Waals surface area (Å²) < 4.78 is 0. The lowest BCUT2D eigenvalue weighted by molar-refractivity contribution is 0.724. The summed E-state index contributed by atoms with van der Waals surface area (Å²) >= 11 is 6.16. The zero-order valence-electron chi connectivity index (χ0n) is 11.1. The van der Waals surface area contributed by atoms with Crippen LogP contribution in [-0.2, 0) is 6.42 Å². The van der Waals surface area contributed by atoms with Crippen molar-refractivity contribution in [2.45, 2.75) is 32.6 Å². The second-order valence-electron chi connectivity index (χ2n) is 4.84. The summed E-state index contributed by atoms with van der Waals surface area (Å²) in [5, 5.41) is 4.09.